The highest BCUT2D eigenvalue weighted by molar-refractivity contribution is 7.98. The molecule has 7 heteroatoms. The summed E-state index contributed by atoms with van der Waals surface area (Å²) in [6, 6.07) is 13.4. The van der Waals surface area contributed by atoms with Crippen molar-refractivity contribution in [3.8, 4) is 0 Å². The molecule has 0 saturated heterocycles. The van der Waals surface area contributed by atoms with Crippen molar-refractivity contribution < 1.29 is 13.2 Å². The maximum absolute atomic E-state index is 12.2. The van der Waals surface area contributed by atoms with Gasteiger partial charge in [-0.2, -0.15) is 0 Å². The predicted octanol–water partition coefficient (Wildman–Crippen LogP) is 2.91. The number of nitrogens with one attached hydrogen (secondary N) is 2. The molecule has 23 heavy (non-hydrogen) atoms. The third-order valence-corrected chi connectivity index (χ3v) is 5.46. The molecule has 0 aliphatic carbocycles. The first-order valence-corrected chi connectivity index (χ1v) is 9.62. The number of thioether (sulfide) groups is 1. The molecule has 122 valence electrons. The minimum Gasteiger partial charge on any atom is -0.333 e. The lowest BCUT2D eigenvalue weighted by molar-refractivity contribution is 0.245. The normalized spacial score (nSPS) is 11.0. The maximum atomic E-state index is 12.2. The SMILES string of the molecule is CSc1ccc(CNC(=O)NS(=O)(=O)c2ccccc2C)cc1. The number of aryl methyl sites for hydroxylation is 1. The van der Waals surface area contributed by atoms with Gasteiger partial charge >= 0.3 is 6.03 Å². The second-order valence-electron chi connectivity index (χ2n) is 4.90. The smallest absolute Gasteiger partial charge is 0.328 e. The van der Waals surface area contributed by atoms with E-state index in [0.717, 1.165) is 10.5 Å². The lowest BCUT2D eigenvalue weighted by atomic mass is 10.2. The summed E-state index contributed by atoms with van der Waals surface area (Å²) >= 11 is 1.63. The topological polar surface area (TPSA) is 75.3 Å². The van der Waals surface area contributed by atoms with Gasteiger partial charge in [-0.1, -0.05) is 30.3 Å². The molecule has 0 aromatic heterocycles. The Morgan fingerprint density at radius 1 is 1.09 bits per heavy atom. The first-order valence-electron chi connectivity index (χ1n) is 6.91. The second-order valence-corrected chi connectivity index (χ2v) is 7.43. The predicted molar refractivity (Wildman–Crippen MR) is 92.0 cm³/mol. The molecule has 2 amide bonds. The fourth-order valence-electron chi connectivity index (χ4n) is 2.00. The number of benzene rings is 2. The summed E-state index contributed by atoms with van der Waals surface area (Å²) in [5.41, 5.74) is 1.48. The molecule has 2 aromatic carbocycles. The van der Waals surface area contributed by atoms with Gasteiger partial charge < -0.3 is 5.32 Å². The highest BCUT2D eigenvalue weighted by atomic mass is 32.2. The fraction of sp³-hybridized carbons (Fsp3) is 0.188. The highest BCUT2D eigenvalue weighted by Gasteiger charge is 2.19. The van der Waals surface area contributed by atoms with Crippen LogP contribution in [0.2, 0.25) is 0 Å². The number of hydrogen-bond donors (Lipinski definition) is 2. The van der Waals surface area contributed by atoms with Crippen LogP contribution in [-0.2, 0) is 16.6 Å². The molecular weight excluding hydrogens is 332 g/mol. The van der Waals surface area contributed by atoms with Crippen molar-refractivity contribution in [1.29, 1.82) is 0 Å². The Balaban J connectivity index is 1.97. The molecule has 2 N–H and O–H groups in total. The minimum absolute atomic E-state index is 0.0967. The Kier molecular flexibility index (Phi) is 5.68. The van der Waals surface area contributed by atoms with E-state index in [1.54, 1.807) is 36.9 Å². The van der Waals surface area contributed by atoms with Crippen molar-refractivity contribution in [1.82, 2.24) is 10.0 Å². The summed E-state index contributed by atoms with van der Waals surface area (Å²) in [4.78, 5) is 13.1. The average molecular weight is 350 g/mol. The molecule has 2 rings (SSSR count). The van der Waals surface area contributed by atoms with E-state index in [0.29, 0.717) is 5.56 Å². The van der Waals surface area contributed by atoms with E-state index in [4.69, 9.17) is 0 Å². The van der Waals surface area contributed by atoms with Gasteiger partial charge in [-0.15, -0.1) is 11.8 Å². The lowest BCUT2D eigenvalue weighted by Gasteiger charge is -2.10. The Bertz CT molecular complexity index is 787. The monoisotopic (exact) mass is 350 g/mol. The number of carbonyl (C=O) groups excluding carboxylic acids is 1. The van der Waals surface area contributed by atoms with E-state index >= 15 is 0 Å². The molecule has 0 unspecified atom stereocenters. The molecule has 5 nitrogen and oxygen atoms in total. The fourth-order valence-corrected chi connectivity index (χ4v) is 3.58. The Labute approximate surface area is 140 Å². The zero-order valence-electron chi connectivity index (χ0n) is 12.9. The minimum atomic E-state index is -3.87. The van der Waals surface area contributed by atoms with Crippen LogP contribution in [0, 0.1) is 6.92 Å². The number of hydrogen-bond acceptors (Lipinski definition) is 4. The summed E-state index contributed by atoms with van der Waals surface area (Å²) in [7, 11) is -3.87. The molecule has 0 saturated carbocycles. The Hall–Kier alpha value is -1.99. The molecule has 0 aliphatic heterocycles. The van der Waals surface area contributed by atoms with Gasteiger partial charge in [-0.25, -0.2) is 17.9 Å². The molecule has 2 aromatic rings. The van der Waals surface area contributed by atoms with Gasteiger partial charge in [0, 0.05) is 11.4 Å². The van der Waals surface area contributed by atoms with Gasteiger partial charge in [0.1, 0.15) is 0 Å². The average Bonchev–Trinajstić information content (AvgIpc) is 2.53. The lowest BCUT2D eigenvalue weighted by Crippen LogP contribution is -2.39. The number of carbonyl (C=O) groups is 1. The first-order chi connectivity index (χ1) is 10.9. The van der Waals surface area contributed by atoms with Crippen LogP contribution in [0.5, 0.6) is 0 Å². The molecular formula is C16H18N2O3S2. The van der Waals surface area contributed by atoms with Crippen molar-refractivity contribution >= 4 is 27.8 Å². The standard InChI is InChI=1S/C16H18N2O3S2/c1-12-5-3-4-6-15(12)23(20,21)18-16(19)17-11-13-7-9-14(22-2)10-8-13/h3-10H,11H2,1-2H3,(H2,17,18,19). The Morgan fingerprint density at radius 2 is 1.74 bits per heavy atom. The van der Waals surface area contributed by atoms with Crippen molar-refractivity contribution in [2.45, 2.75) is 23.3 Å². The maximum Gasteiger partial charge on any atom is 0.328 e. The number of rotatable bonds is 5. The zero-order valence-corrected chi connectivity index (χ0v) is 14.5. The molecule has 0 fully saturated rings. The highest BCUT2D eigenvalue weighted by Crippen LogP contribution is 2.15. The summed E-state index contributed by atoms with van der Waals surface area (Å²) in [5.74, 6) is 0. The summed E-state index contributed by atoms with van der Waals surface area (Å²) in [5, 5.41) is 2.55. The van der Waals surface area contributed by atoms with E-state index in [2.05, 4.69) is 5.32 Å². The van der Waals surface area contributed by atoms with E-state index in [1.807, 2.05) is 35.2 Å². The third kappa shape index (κ3) is 4.74. The van der Waals surface area contributed by atoms with Crippen LogP contribution in [-0.4, -0.2) is 20.7 Å². The van der Waals surface area contributed by atoms with Gasteiger partial charge in [0.15, 0.2) is 0 Å². The molecule has 0 heterocycles. The van der Waals surface area contributed by atoms with E-state index in [9.17, 15) is 13.2 Å². The van der Waals surface area contributed by atoms with Crippen molar-refractivity contribution in [3.05, 3.63) is 59.7 Å². The summed E-state index contributed by atoms with van der Waals surface area (Å²) in [6.45, 7) is 1.93. The number of amides is 2. The quantitative estimate of drug-likeness (QED) is 0.813. The van der Waals surface area contributed by atoms with Crippen molar-refractivity contribution in [2.24, 2.45) is 0 Å². The number of sulfonamides is 1. The van der Waals surface area contributed by atoms with Crippen LogP contribution >= 0.6 is 11.8 Å². The van der Waals surface area contributed by atoms with Gasteiger partial charge in [0.25, 0.3) is 10.0 Å². The molecule has 0 aliphatic rings. The number of urea groups is 1. The van der Waals surface area contributed by atoms with E-state index < -0.39 is 16.1 Å². The van der Waals surface area contributed by atoms with Crippen molar-refractivity contribution in [3.63, 3.8) is 0 Å². The van der Waals surface area contributed by atoms with Crippen LogP contribution in [0.1, 0.15) is 11.1 Å². The summed E-state index contributed by atoms with van der Waals surface area (Å²) < 4.78 is 26.4. The van der Waals surface area contributed by atoms with E-state index in [-0.39, 0.29) is 11.4 Å². The zero-order chi connectivity index (χ0) is 16.9. The van der Waals surface area contributed by atoms with Crippen molar-refractivity contribution in [2.75, 3.05) is 6.26 Å². The van der Waals surface area contributed by atoms with Crippen LogP contribution in [0.3, 0.4) is 0 Å². The van der Waals surface area contributed by atoms with Crippen LogP contribution in [0.4, 0.5) is 4.79 Å². The summed E-state index contributed by atoms with van der Waals surface area (Å²) in [6.07, 6.45) is 1.98. The third-order valence-electron chi connectivity index (χ3n) is 3.22. The van der Waals surface area contributed by atoms with Gasteiger partial charge in [0.05, 0.1) is 4.90 Å². The van der Waals surface area contributed by atoms with Gasteiger partial charge in [0.2, 0.25) is 0 Å². The molecule has 0 radical (unpaired) electrons. The molecule has 0 spiro atoms. The first kappa shape index (κ1) is 17.4. The van der Waals surface area contributed by atoms with Crippen LogP contribution < -0.4 is 10.0 Å². The molecule has 0 bridgehead atoms. The van der Waals surface area contributed by atoms with Crippen LogP contribution in [0.25, 0.3) is 0 Å². The Morgan fingerprint density at radius 3 is 2.35 bits per heavy atom. The molecule has 0 atom stereocenters. The van der Waals surface area contributed by atoms with Gasteiger partial charge in [-0.05, 0) is 42.5 Å². The van der Waals surface area contributed by atoms with E-state index in [1.165, 1.54) is 6.07 Å². The van der Waals surface area contributed by atoms with Gasteiger partial charge in [-0.3, -0.25) is 0 Å². The largest absolute Gasteiger partial charge is 0.333 e. The van der Waals surface area contributed by atoms with Crippen LogP contribution in [0.15, 0.2) is 58.3 Å². The second kappa shape index (κ2) is 7.52.